The van der Waals surface area contributed by atoms with Crippen LogP contribution in [0.4, 0.5) is 5.69 Å². The molecule has 1 aliphatic heterocycles. The number of pyridine rings is 2. The molecule has 1 saturated heterocycles. The van der Waals surface area contributed by atoms with E-state index >= 15 is 0 Å². The van der Waals surface area contributed by atoms with Gasteiger partial charge in [-0.3, -0.25) is 19.5 Å². The van der Waals surface area contributed by atoms with Crippen molar-refractivity contribution in [1.82, 2.24) is 14.9 Å². The lowest BCUT2D eigenvalue weighted by Crippen LogP contribution is -2.35. The van der Waals surface area contributed by atoms with Gasteiger partial charge in [-0.25, -0.2) is 0 Å². The van der Waals surface area contributed by atoms with Crippen LogP contribution >= 0.6 is 0 Å². The molecule has 3 heterocycles. The Morgan fingerprint density at radius 3 is 2.52 bits per heavy atom. The zero-order chi connectivity index (χ0) is 20.1. The van der Waals surface area contributed by atoms with Gasteiger partial charge in [0.15, 0.2) is 0 Å². The molecule has 1 aliphatic rings. The summed E-state index contributed by atoms with van der Waals surface area (Å²) in [4.78, 5) is 33.7. The van der Waals surface area contributed by atoms with E-state index in [9.17, 15) is 9.59 Å². The third-order valence-corrected chi connectivity index (χ3v) is 4.89. The van der Waals surface area contributed by atoms with Crippen LogP contribution in [-0.2, 0) is 11.3 Å². The molecule has 148 valence electrons. The van der Waals surface area contributed by atoms with Crippen molar-refractivity contribution in [2.45, 2.75) is 6.54 Å². The van der Waals surface area contributed by atoms with Gasteiger partial charge in [0, 0.05) is 49.4 Å². The Bertz CT molecular complexity index is 1030. The fraction of sp³-hybridized carbons (Fsp3) is 0.227. The Morgan fingerprint density at radius 1 is 1.07 bits per heavy atom. The van der Waals surface area contributed by atoms with E-state index < -0.39 is 0 Å². The molecule has 2 aromatic heterocycles. The predicted octanol–water partition coefficient (Wildman–Crippen LogP) is 2.52. The molecule has 7 heteroatoms. The van der Waals surface area contributed by atoms with Crippen molar-refractivity contribution in [3.05, 3.63) is 82.5 Å². The van der Waals surface area contributed by atoms with Crippen LogP contribution in [-0.4, -0.2) is 47.1 Å². The quantitative estimate of drug-likeness (QED) is 0.699. The number of aromatic nitrogens is 2. The number of H-pyrrole nitrogens is 1. The van der Waals surface area contributed by atoms with Crippen molar-refractivity contribution in [2.75, 3.05) is 31.6 Å². The van der Waals surface area contributed by atoms with Crippen molar-refractivity contribution >= 4 is 11.6 Å². The first kappa shape index (κ1) is 19.0. The minimum absolute atomic E-state index is 0.210. The molecule has 0 atom stereocenters. The first-order valence-corrected chi connectivity index (χ1v) is 9.52. The Kier molecular flexibility index (Phi) is 5.79. The molecule has 29 heavy (non-hydrogen) atoms. The second kappa shape index (κ2) is 8.81. The molecular formula is C22H22N4O3. The topological polar surface area (TPSA) is 87.3 Å². The molecule has 1 fully saturated rings. The number of ether oxygens (including phenoxy) is 1. The van der Waals surface area contributed by atoms with E-state index in [1.807, 2.05) is 24.3 Å². The third-order valence-electron chi connectivity index (χ3n) is 4.89. The average molecular weight is 390 g/mol. The van der Waals surface area contributed by atoms with E-state index in [1.165, 1.54) is 0 Å². The third kappa shape index (κ3) is 4.77. The Labute approximate surface area is 168 Å². The smallest absolute Gasteiger partial charge is 0.271 e. The fourth-order valence-corrected chi connectivity index (χ4v) is 3.26. The number of carbonyl (C=O) groups excluding carboxylic acids is 1. The number of carbonyl (C=O) groups is 1. The highest BCUT2D eigenvalue weighted by molar-refractivity contribution is 6.04. The fourth-order valence-electron chi connectivity index (χ4n) is 3.26. The van der Waals surface area contributed by atoms with Crippen molar-refractivity contribution < 1.29 is 9.53 Å². The number of aromatic amines is 1. The van der Waals surface area contributed by atoms with E-state index in [4.69, 9.17) is 4.74 Å². The maximum atomic E-state index is 12.6. The average Bonchev–Trinajstić information content (AvgIpc) is 2.77. The van der Waals surface area contributed by atoms with Crippen LogP contribution in [0.15, 0.2) is 65.8 Å². The molecule has 1 amide bonds. The number of amides is 1. The summed E-state index contributed by atoms with van der Waals surface area (Å²) in [6.07, 6.45) is 4.97. The molecule has 0 radical (unpaired) electrons. The molecule has 2 N–H and O–H groups in total. The number of anilines is 1. The number of benzene rings is 1. The number of morpholine rings is 1. The molecule has 0 bridgehead atoms. The van der Waals surface area contributed by atoms with Crippen LogP contribution in [0.2, 0.25) is 0 Å². The first-order chi connectivity index (χ1) is 14.2. The monoisotopic (exact) mass is 390 g/mol. The van der Waals surface area contributed by atoms with Crippen molar-refractivity contribution in [1.29, 1.82) is 0 Å². The molecule has 0 aliphatic carbocycles. The lowest BCUT2D eigenvalue weighted by molar-refractivity contribution is 0.0342. The second-order valence-corrected chi connectivity index (χ2v) is 6.91. The first-order valence-electron chi connectivity index (χ1n) is 9.52. The SMILES string of the molecule is O=C(Nc1cc(-c2ccncc2)c[nH]c1=O)c1ccc(CN2CCOCC2)cc1. The lowest BCUT2D eigenvalue weighted by atomic mass is 10.1. The van der Waals surface area contributed by atoms with Crippen LogP contribution in [0.25, 0.3) is 11.1 Å². The molecule has 0 unspecified atom stereocenters. The highest BCUT2D eigenvalue weighted by Gasteiger charge is 2.13. The molecule has 7 nitrogen and oxygen atoms in total. The largest absolute Gasteiger partial charge is 0.379 e. The Morgan fingerprint density at radius 2 is 1.79 bits per heavy atom. The number of hydrogen-bond donors (Lipinski definition) is 2. The molecule has 3 aromatic rings. The standard InChI is InChI=1S/C22H22N4O3/c27-21(18-3-1-16(2-4-18)15-26-9-11-29-12-10-26)25-20-13-19(14-24-22(20)28)17-5-7-23-8-6-17/h1-8,13-14H,9-12,15H2,(H,24,28)(H,25,27). The summed E-state index contributed by atoms with van der Waals surface area (Å²) in [6.45, 7) is 4.18. The van der Waals surface area contributed by atoms with Gasteiger partial charge >= 0.3 is 0 Å². The summed E-state index contributed by atoms with van der Waals surface area (Å²) < 4.78 is 5.37. The van der Waals surface area contributed by atoms with Gasteiger partial charge in [0.1, 0.15) is 5.69 Å². The summed E-state index contributed by atoms with van der Waals surface area (Å²) in [5.74, 6) is -0.319. The molecule has 4 rings (SSSR count). The minimum Gasteiger partial charge on any atom is -0.379 e. The zero-order valence-electron chi connectivity index (χ0n) is 15.9. The van der Waals surface area contributed by atoms with Gasteiger partial charge in [0.05, 0.1) is 13.2 Å². The predicted molar refractivity (Wildman–Crippen MR) is 111 cm³/mol. The summed E-state index contributed by atoms with van der Waals surface area (Å²) in [6, 6.07) is 12.8. The van der Waals surface area contributed by atoms with Crippen LogP contribution in [0, 0.1) is 0 Å². The summed E-state index contributed by atoms with van der Waals surface area (Å²) in [7, 11) is 0. The maximum Gasteiger partial charge on any atom is 0.271 e. The molecule has 0 saturated carbocycles. The summed E-state index contributed by atoms with van der Waals surface area (Å²) >= 11 is 0. The summed E-state index contributed by atoms with van der Waals surface area (Å²) in [5.41, 5.74) is 3.20. The number of rotatable bonds is 5. The molecular weight excluding hydrogens is 368 g/mol. The van der Waals surface area contributed by atoms with Crippen LogP contribution in [0.5, 0.6) is 0 Å². The van der Waals surface area contributed by atoms with Gasteiger partial charge < -0.3 is 15.0 Å². The maximum absolute atomic E-state index is 12.6. The Hall–Kier alpha value is -3.29. The van der Waals surface area contributed by atoms with Gasteiger partial charge in [0.25, 0.3) is 11.5 Å². The summed E-state index contributed by atoms with van der Waals surface area (Å²) in [5, 5.41) is 2.71. The van der Waals surface area contributed by atoms with E-state index in [2.05, 4.69) is 20.2 Å². The van der Waals surface area contributed by atoms with Gasteiger partial charge in [-0.1, -0.05) is 12.1 Å². The zero-order valence-corrected chi connectivity index (χ0v) is 15.9. The lowest BCUT2D eigenvalue weighted by Gasteiger charge is -2.26. The van der Waals surface area contributed by atoms with Crippen LogP contribution in [0.1, 0.15) is 15.9 Å². The van der Waals surface area contributed by atoms with Crippen molar-refractivity contribution in [2.24, 2.45) is 0 Å². The highest BCUT2D eigenvalue weighted by Crippen LogP contribution is 2.19. The van der Waals surface area contributed by atoms with Crippen LogP contribution in [0.3, 0.4) is 0 Å². The van der Waals surface area contributed by atoms with Crippen molar-refractivity contribution in [3.8, 4) is 11.1 Å². The number of nitrogens with one attached hydrogen (secondary N) is 2. The van der Waals surface area contributed by atoms with Crippen molar-refractivity contribution in [3.63, 3.8) is 0 Å². The number of hydrogen-bond acceptors (Lipinski definition) is 5. The van der Waals surface area contributed by atoms with Gasteiger partial charge in [-0.05, 0) is 41.5 Å². The van der Waals surface area contributed by atoms with Gasteiger partial charge in [-0.2, -0.15) is 0 Å². The van der Waals surface area contributed by atoms with Gasteiger partial charge in [-0.15, -0.1) is 0 Å². The van der Waals surface area contributed by atoms with E-state index in [0.717, 1.165) is 49.5 Å². The molecule has 1 aromatic carbocycles. The normalized spacial score (nSPS) is 14.5. The molecule has 0 spiro atoms. The minimum atomic E-state index is -0.347. The number of nitrogens with zero attached hydrogens (tertiary/aromatic N) is 2. The Balaban J connectivity index is 1.45. The van der Waals surface area contributed by atoms with Gasteiger partial charge in [0.2, 0.25) is 0 Å². The van der Waals surface area contributed by atoms with E-state index in [1.54, 1.807) is 36.8 Å². The van der Waals surface area contributed by atoms with E-state index in [0.29, 0.717) is 5.56 Å². The second-order valence-electron chi connectivity index (χ2n) is 6.91. The highest BCUT2D eigenvalue weighted by atomic mass is 16.5. The van der Waals surface area contributed by atoms with E-state index in [-0.39, 0.29) is 17.2 Å². The van der Waals surface area contributed by atoms with Crippen LogP contribution < -0.4 is 10.9 Å².